The fourth-order valence-electron chi connectivity index (χ4n) is 1.30. The van der Waals surface area contributed by atoms with Gasteiger partial charge >= 0.3 is 8.53 Å². The molecule has 0 aromatic rings. The molecule has 128 valence electrons. The molecule has 0 aliphatic heterocycles. The summed E-state index contributed by atoms with van der Waals surface area (Å²) >= 11 is 0. The third-order valence-electron chi connectivity index (χ3n) is 2.17. The molecule has 0 saturated carbocycles. The van der Waals surface area contributed by atoms with Gasteiger partial charge in [0.25, 0.3) is 0 Å². The summed E-state index contributed by atoms with van der Waals surface area (Å²) in [5, 5.41) is 0. The van der Waals surface area contributed by atoms with Crippen LogP contribution >= 0.6 is 16.1 Å². The summed E-state index contributed by atoms with van der Waals surface area (Å²) in [5.74, 6) is 0.564. The van der Waals surface area contributed by atoms with Gasteiger partial charge in [0.05, 0.1) is 6.54 Å². The predicted molar refractivity (Wildman–Crippen MR) is 85.9 cm³/mol. The van der Waals surface area contributed by atoms with Crippen molar-refractivity contribution >= 4 is 16.1 Å². The molecule has 0 spiro atoms. The Hall–Kier alpha value is -0.0000000000000000486. The van der Waals surface area contributed by atoms with Crippen LogP contribution in [0.2, 0.25) is 0 Å². The number of rotatable bonds is 8. The lowest BCUT2D eigenvalue weighted by Crippen LogP contribution is -2.33. The van der Waals surface area contributed by atoms with Gasteiger partial charge in [0, 0.05) is 33.0 Å². The lowest BCUT2D eigenvalue weighted by molar-refractivity contribution is -0.194. The summed E-state index contributed by atoms with van der Waals surface area (Å²) in [6, 6.07) is 0.725. The summed E-state index contributed by atoms with van der Waals surface area (Å²) in [7, 11) is -1.71. The van der Waals surface area contributed by atoms with E-state index in [0.29, 0.717) is 24.4 Å². The summed E-state index contributed by atoms with van der Waals surface area (Å²) in [4.78, 5) is 9.81. The number of hydrogen-bond acceptors (Lipinski definition) is 7. The molecule has 0 heterocycles. The van der Waals surface area contributed by atoms with E-state index in [1.165, 1.54) is 0 Å². The number of nitrogens with two attached hydrogens (primary N) is 1. The van der Waals surface area contributed by atoms with E-state index in [-0.39, 0.29) is 0 Å². The zero-order chi connectivity index (χ0) is 17.2. The van der Waals surface area contributed by atoms with Crippen LogP contribution < -0.4 is 10.6 Å². The minimum atomic E-state index is -3.40. The standard InChI is InChI=1S/C10H23N2O2P.C2H7O3P/c1-8(2)12(9(3)4)15(13-6)14-10(5)7-11;1-5-6(2,3)4/h8-9H,5,7,11H2,1-4,6H3;1-2H3,(H,3,4)/p-1. The molecule has 0 fully saturated rings. The van der Waals surface area contributed by atoms with Crippen molar-refractivity contribution in [2.24, 2.45) is 5.73 Å². The smallest absolute Gasteiger partial charge is 0.320 e. The van der Waals surface area contributed by atoms with Gasteiger partial charge in [-0.25, -0.2) is 4.67 Å². The molecule has 0 rings (SSSR count). The average molecular weight is 343 g/mol. The lowest BCUT2D eigenvalue weighted by Gasteiger charge is -2.34. The Morgan fingerprint density at radius 3 is 1.90 bits per heavy atom. The van der Waals surface area contributed by atoms with Crippen molar-refractivity contribution in [2.45, 2.75) is 39.8 Å². The van der Waals surface area contributed by atoms with E-state index in [9.17, 15) is 9.46 Å². The van der Waals surface area contributed by atoms with Gasteiger partial charge in [-0.2, -0.15) is 0 Å². The summed E-state index contributed by atoms with van der Waals surface area (Å²) in [6.07, 6.45) is 0. The first-order valence-corrected chi connectivity index (χ1v) is 9.64. The monoisotopic (exact) mass is 343 g/mol. The third-order valence-corrected chi connectivity index (χ3v) is 4.86. The van der Waals surface area contributed by atoms with Crippen LogP contribution in [0.5, 0.6) is 0 Å². The highest BCUT2D eigenvalue weighted by Gasteiger charge is 2.27. The second-order valence-corrected chi connectivity index (χ2v) is 8.17. The molecular formula is C12H29N2O5P2-. The van der Waals surface area contributed by atoms with Crippen LogP contribution in [0.25, 0.3) is 0 Å². The van der Waals surface area contributed by atoms with Gasteiger partial charge in [0.1, 0.15) is 13.4 Å². The quantitative estimate of drug-likeness (QED) is 0.533. The first kappa shape index (κ1) is 23.3. The van der Waals surface area contributed by atoms with Crippen LogP contribution in [0.15, 0.2) is 12.3 Å². The van der Waals surface area contributed by atoms with Crippen molar-refractivity contribution in [3.8, 4) is 0 Å². The van der Waals surface area contributed by atoms with Crippen LogP contribution in [-0.4, -0.2) is 44.2 Å². The van der Waals surface area contributed by atoms with Crippen molar-refractivity contribution in [1.82, 2.24) is 4.67 Å². The van der Waals surface area contributed by atoms with Gasteiger partial charge in [-0.3, -0.25) is 0 Å². The Kier molecular flexibility index (Phi) is 12.8. The second-order valence-electron chi connectivity index (χ2n) is 4.78. The molecule has 21 heavy (non-hydrogen) atoms. The molecule has 0 bridgehead atoms. The normalized spacial score (nSPS) is 15.4. The van der Waals surface area contributed by atoms with Crippen LogP contribution in [-0.2, 0) is 18.1 Å². The fraction of sp³-hybridized carbons (Fsp3) is 0.833. The molecule has 2 unspecified atom stereocenters. The minimum absolute atomic E-state index is 0.326. The van der Waals surface area contributed by atoms with Crippen molar-refractivity contribution in [1.29, 1.82) is 0 Å². The largest absolute Gasteiger partial charge is 0.779 e. The summed E-state index contributed by atoms with van der Waals surface area (Å²) in [6.45, 7) is 13.5. The molecule has 2 atom stereocenters. The van der Waals surface area contributed by atoms with Crippen LogP contribution in [0.4, 0.5) is 0 Å². The van der Waals surface area contributed by atoms with Crippen molar-refractivity contribution in [2.75, 3.05) is 27.4 Å². The Balaban J connectivity index is 0. The van der Waals surface area contributed by atoms with Crippen molar-refractivity contribution in [3.63, 3.8) is 0 Å². The Labute approximate surface area is 129 Å². The Morgan fingerprint density at radius 1 is 1.33 bits per heavy atom. The molecule has 0 radical (unpaired) electrons. The highest BCUT2D eigenvalue weighted by molar-refractivity contribution is 7.50. The molecule has 7 nitrogen and oxygen atoms in total. The third kappa shape index (κ3) is 12.2. The fourth-order valence-corrected chi connectivity index (χ4v) is 2.71. The van der Waals surface area contributed by atoms with E-state index in [2.05, 4.69) is 43.5 Å². The van der Waals surface area contributed by atoms with Gasteiger partial charge < -0.3 is 28.8 Å². The first-order valence-electron chi connectivity index (χ1n) is 6.52. The average Bonchev–Trinajstić information content (AvgIpc) is 2.36. The summed E-state index contributed by atoms with van der Waals surface area (Å²) < 4.78 is 26.9. The summed E-state index contributed by atoms with van der Waals surface area (Å²) in [5.41, 5.74) is 5.44. The van der Waals surface area contributed by atoms with E-state index in [0.717, 1.165) is 13.8 Å². The highest BCUT2D eigenvalue weighted by atomic mass is 31.2. The molecule has 0 amide bonds. The molecular weight excluding hydrogens is 314 g/mol. The predicted octanol–water partition coefficient (Wildman–Crippen LogP) is 2.28. The maximum absolute atomic E-state index is 9.81. The van der Waals surface area contributed by atoms with E-state index >= 15 is 0 Å². The van der Waals surface area contributed by atoms with Gasteiger partial charge in [-0.15, -0.1) is 0 Å². The van der Waals surface area contributed by atoms with E-state index < -0.39 is 16.1 Å². The van der Waals surface area contributed by atoms with Gasteiger partial charge in [0.2, 0.25) is 0 Å². The zero-order valence-corrected chi connectivity index (χ0v) is 15.8. The SMILES string of the molecule is C=C(CN)OP(OC)N(C(C)C)C(C)C.COP(C)(=O)[O-]. The number of nitrogens with zero attached hydrogens (tertiary/aromatic N) is 1. The van der Waals surface area contributed by atoms with Gasteiger partial charge in [-0.1, -0.05) is 6.58 Å². The van der Waals surface area contributed by atoms with Gasteiger partial charge in [0.15, 0.2) is 0 Å². The van der Waals surface area contributed by atoms with Crippen LogP contribution in [0.3, 0.4) is 0 Å². The topological polar surface area (TPSA) is 97.1 Å². The highest BCUT2D eigenvalue weighted by Crippen LogP contribution is 2.46. The van der Waals surface area contributed by atoms with E-state index in [4.69, 9.17) is 14.8 Å². The molecule has 0 aromatic carbocycles. The molecule has 0 aromatic heterocycles. The molecule has 2 N–H and O–H groups in total. The molecule has 0 aliphatic rings. The Morgan fingerprint density at radius 2 is 1.71 bits per heavy atom. The Bertz CT molecular complexity index is 326. The van der Waals surface area contributed by atoms with E-state index in [1.54, 1.807) is 7.11 Å². The van der Waals surface area contributed by atoms with Crippen LogP contribution in [0.1, 0.15) is 27.7 Å². The second kappa shape index (κ2) is 11.6. The van der Waals surface area contributed by atoms with E-state index in [1.807, 2.05) is 0 Å². The first-order chi connectivity index (χ1) is 9.49. The molecule has 0 saturated heterocycles. The maximum Gasteiger partial charge on any atom is 0.320 e. The van der Waals surface area contributed by atoms with Crippen LogP contribution in [0, 0.1) is 0 Å². The zero-order valence-electron chi connectivity index (χ0n) is 14.0. The minimum Gasteiger partial charge on any atom is -0.779 e. The van der Waals surface area contributed by atoms with Gasteiger partial charge in [-0.05, 0) is 27.7 Å². The maximum atomic E-state index is 9.81. The molecule has 0 aliphatic carbocycles. The van der Waals surface area contributed by atoms with Crippen molar-refractivity contribution in [3.05, 3.63) is 12.3 Å². The molecule has 9 heteroatoms. The van der Waals surface area contributed by atoms with Crippen molar-refractivity contribution < 1.29 is 23.0 Å². The lowest BCUT2D eigenvalue weighted by atomic mass is 10.3. The number of hydrogen-bond donors (Lipinski definition) is 1.